The first kappa shape index (κ1) is 16.8. The molecule has 2 N–H and O–H groups in total. The van der Waals surface area contributed by atoms with E-state index in [4.69, 9.17) is 5.73 Å². The molecular weight excluding hydrogens is 348 g/mol. The Balaban J connectivity index is 1.46. The molecule has 0 radical (unpaired) electrons. The summed E-state index contributed by atoms with van der Waals surface area (Å²) in [6.07, 6.45) is 6.48. The van der Waals surface area contributed by atoms with E-state index >= 15 is 0 Å². The van der Waals surface area contributed by atoms with Crippen LogP contribution in [0.1, 0.15) is 36.6 Å². The number of para-hydroxylation sites is 1. The van der Waals surface area contributed by atoms with Gasteiger partial charge in [0.05, 0.1) is 11.9 Å². The highest BCUT2D eigenvalue weighted by atomic mass is 32.2. The van der Waals surface area contributed by atoms with Gasteiger partial charge in [0.1, 0.15) is 5.82 Å². The highest BCUT2D eigenvalue weighted by molar-refractivity contribution is 7.98. The molecule has 0 atom stereocenters. The van der Waals surface area contributed by atoms with E-state index in [1.165, 1.54) is 0 Å². The normalized spacial score (nSPS) is 13.8. The minimum absolute atomic E-state index is 0.303. The molecule has 3 aromatic rings. The maximum Gasteiger partial charge on any atom is 0.219 e. The van der Waals surface area contributed by atoms with Gasteiger partial charge in [-0.05, 0) is 25.0 Å². The summed E-state index contributed by atoms with van der Waals surface area (Å²) in [5.41, 5.74) is 7.45. The molecule has 134 valence electrons. The van der Waals surface area contributed by atoms with Crippen LogP contribution >= 0.6 is 11.8 Å². The molecule has 0 unspecified atom stereocenters. The second-order valence-corrected chi connectivity index (χ2v) is 7.34. The lowest BCUT2D eigenvalue weighted by atomic mass is 10.3. The minimum Gasteiger partial charge on any atom is -0.370 e. The maximum atomic E-state index is 11.2. The van der Waals surface area contributed by atoms with Crippen LogP contribution in [-0.2, 0) is 17.1 Å². The first-order chi connectivity index (χ1) is 12.7. The third-order valence-electron chi connectivity index (χ3n) is 4.29. The zero-order chi connectivity index (χ0) is 17.9. The fourth-order valence-electron chi connectivity index (χ4n) is 2.79. The highest BCUT2D eigenvalue weighted by Crippen LogP contribution is 2.40. The number of hydrogen-bond donors (Lipinski definition) is 1. The summed E-state index contributed by atoms with van der Waals surface area (Å²) in [6, 6.07) is 10.0. The Morgan fingerprint density at radius 3 is 2.77 bits per heavy atom. The molecule has 8 heteroatoms. The largest absolute Gasteiger partial charge is 0.370 e. The third-order valence-corrected chi connectivity index (χ3v) is 5.33. The van der Waals surface area contributed by atoms with Crippen molar-refractivity contribution >= 4 is 17.7 Å². The Hall–Kier alpha value is -2.61. The molecule has 0 saturated heterocycles. The van der Waals surface area contributed by atoms with Crippen molar-refractivity contribution in [2.24, 2.45) is 5.73 Å². The Kier molecular flexibility index (Phi) is 4.75. The summed E-state index contributed by atoms with van der Waals surface area (Å²) in [6.45, 7) is 0.541. The SMILES string of the molecule is NC(=O)CCn1c(SCc2cnn(-c3ccccc3)c2)nnc1C1CC1. The minimum atomic E-state index is -0.305. The van der Waals surface area contributed by atoms with Gasteiger partial charge in [0.15, 0.2) is 5.16 Å². The number of nitrogens with zero attached hydrogens (tertiary/aromatic N) is 5. The quantitative estimate of drug-likeness (QED) is 0.617. The molecule has 0 bridgehead atoms. The van der Waals surface area contributed by atoms with Crippen molar-refractivity contribution in [2.45, 2.75) is 42.6 Å². The number of benzene rings is 1. The Morgan fingerprint density at radius 1 is 1.23 bits per heavy atom. The number of thioether (sulfide) groups is 1. The number of carbonyl (C=O) groups excluding carboxylic acids is 1. The van der Waals surface area contributed by atoms with Crippen molar-refractivity contribution < 1.29 is 4.79 Å². The van der Waals surface area contributed by atoms with Crippen LogP contribution in [0.4, 0.5) is 0 Å². The van der Waals surface area contributed by atoms with Crippen molar-refractivity contribution in [3.8, 4) is 5.69 Å². The van der Waals surface area contributed by atoms with E-state index in [0.717, 1.165) is 40.8 Å². The van der Waals surface area contributed by atoms with Gasteiger partial charge in [0.2, 0.25) is 5.91 Å². The lowest BCUT2D eigenvalue weighted by molar-refractivity contribution is -0.118. The van der Waals surface area contributed by atoms with E-state index in [1.807, 2.05) is 47.4 Å². The van der Waals surface area contributed by atoms with E-state index in [1.54, 1.807) is 11.8 Å². The molecule has 1 fully saturated rings. The van der Waals surface area contributed by atoms with Crippen LogP contribution in [0.5, 0.6) is 0 Å². The van der Waals surface area contributed by atoms with Crippen LogP contribution in [-0.4, -0.2) is 30.5 Å². The number of rotatable bonds is 8. The number of amides is 1. The van der Waals surface area contributed by atoms with Gasteiger partial charge in [-0.3, -0.25) is 4.79 Å². The van der Waals surface area contributed by atoms with Gasteiger partial charge < -0.3 is 10.3 Å². The molecule has 0 spiro atoms. The number of carbonyl (C=O) groups is 1. The zero-order valence-corrected chi connectivity index (χ0v) is 15.1. The lowest BCUT2D eigenvalue weighted by Crippen LogP contribution is -2.15. The van der Waals surface area contributed by atoms with E-state index in [0.29, 0.717) is 18.9 Å². The van der Waals surface area contributed by atoms with Crippen LogP contribution in [0, 0.1) is 0 Å². The molecule has 7 nitrogen and oxygen atoms in total. The topological polar surface area (TPSA) is 91.6 Å². The van der Waals surface area contributed by atoms with Crippen LogP contribution in [0.25, 0.3) is 5.69 Å². The molecule has 1 amide bonds. The van der Waals surface area contributed by atoms with Crippen LogP contribution in [0.3, 0.4) is 0 Å². The van der Waals surface area contributed by atoms with Gasteiger partial charge >= 0.3 is 0 Å². The van der Waals surface area contributed by atoms with Crippen molar-refractivity contribution in [2.75, 3.05) is 0 Å². The van der Waals surface area contributed by atoms with E-state index < -0.39 is 0 Å². The van der Waals surface area contributed by atoms with Crippen molar-refractivity contribution in [3.63, 3.8) is 0 Å². The van der Waals surface area contributed by atoms with Crippen molar-refractivity contribution in [3.05, 3.63) is 54.1 Å². The summed E-state index contributed by atoms with van der Waals surface area (Å²) in [5.74, 6) is 1.89. The molecule has 2 heterocycles. The van der Waals surface area contributed by atoms with Crippen LogP contribution in [0.15, 0.2) is 47.9 Å². The number of nitrogens with two attached hydrogens (primary N) is 1. The predicted octanol–water partition coefficient (Wildman–Crippen LogP) is 2.51. The standard InChI is InChI=1S/C18H20N6OS/c19-16(25)8-9-23-17(14-6-7-14)21-22-18(23)26-12-13-10-20-24(11-13)15-4-2-1-3-5-15/h1-5,10-11,14H,6-9,12H2,(H2,19,25). The highest BCUT2D eigenvalue weighted by Gasteiger charge is 2.30. The van der Waals surface area contributed by atoms with Crippen LogP contribution in [0.2, 0.25) is 0 Å². The van der Waals surface area contributed by atoms with Crippen molar-refractivity contribution in [1.29, 1.82) is 0 Å². The smallest absolute Gasteiger partial charge is 0.219 e. The summed E-state index contributed by atoms with van der Waals surface area (Å²) >= 11 is 1.61. The van der Waals surface area contributed by atoms with Gasteiger partial charge in [-0.2, -0.15) is 5.10 Å². The van der Waals surface area contributed by atoms with Crippen molar-refractivity contribution in [1.82, 2.24) is 24.5 Å². The van der Waals surface area contributed by atoms with Gasteiger partial charge in [-0.25, -0.2) is 4.68 Å². The number of primary amides is 1. The Morgan fingerprint density at radius 2 is 2.04 bits per heavy atom. The van der Waals surface area contributed by atoms with E-state index in [9.17, 15) is 4.79 Å². The Bertz CT molecular complexity index is 900. The zero-order valence-electron chi connectivity index (χ0n) is 14.3. The van der Waals surface area contributed by atoms with E-state index in [-0.39, 0.29) is 5.91 Å². The molecular formula is C18H20N6OS. The molecule has 0 aliphatic heterocycles. The first-order valence-corrected chi connectivity index (χ1v) is 9.62. The molecule has 1 aliphatic carbocycles. The van der Waals surface area contributed by atoms with Gasteiger partial charge in [0, 0.05) is 36.4 Å². The average molecular weight is 368 g/mol. The average Bonchev–Trinajstić information content (AvgIpc) is 3.24. The predicted molar refractivity (Wildman–Crippen MR) is 98.9 cm³/mol. The third kappa shape index (κ3) is 3.80. The second kappa shape index (κ2) is 7.33. The van der Waals surface area contributed by atoms with Gasteiger partial charge in [-0.15, -0.1) is 10.2 Å². The monoisotopic (exact) mass is 368 g/mol. The van der Waals surface area contributed by atoms with Gasteiger partial charge in [0.25, 0.3) is 0 Å². The van der Waals surface area contributed by atoms with E-state index in [2.05, 4.69) is 19.9 Å². The number of aromatic nitrogens is 5. The lowest BCUT2D eigenvalue weighted by Gasteiger charge is -2.08. The molecule has 4 rings (SSSR count). The molecule has 26 heavy (non-hydrogen) atoms. The number of hydrogen-bond acceptors (Lipinski definition) is 5. The summed E-state index contributed by atoms with van der Waals surface area (Å²) < 4.78 is 3.91. The fraction of sp³-hybridized carbons (Fsp3) is 0.333. The van der Waals surface area contributed by atoms with Crippen LogP contribution < -0.4 is 5.73 Å². The summed E-state index contributed by atoms with van der Waals surface area (Å²) in [5, 5.41) is 13.9. The molecule has 1 saturated carbocycles. The molecule has 1 aliphatic rings. The molecule has 1 aromatic carbocycles. The Labute approximate surface area is 155 Å². The first-order valence-electron chi connectivity index (χ1n) is 8.64. The second-order valence-electron chi connectivity index (χ2n) is 6.40. The summed E-state index contributed by atoms with van der Waals surface area (Å²) in [4.78, 5) is 11.2. The fourth-order valence-corrected chi connectivity index (χ4v) is 3.67. The molecule has 2 aromatic heterocycles. The summed E-state index contributed by atoms with van der Waals surface area (Å²) in [7, 11) is 0. The maximum absolute atomic E-state index is 11.2. The van der Waals surface area contributed by atoms with Gasteiger partial charge in [-0.1, -0.05) is 30.0 Å².